The van der Waals surface area contributed by atoms with E-state index >= 15 is 0 Å². The molecule has 0 amide bonds. The van der Waals surface area contributed by atoms with Crippen LogP contribution in [0, 0.1) is 0 Å². The third-order valence-corrected chi connectivity index (χ3v) is 9.74. The predicted octanol–water partition coefficient (Wildman–Crippen LogP) is 5.97. The summed E-state index contributed by atoms with van der Waals surface area (Å²) in [6.45, 7) is 7.16. The molecule has 2 aliphatic heterocycles. The van der Waals surface area contributed by atoms with Crippen LogP contribution in [0.15, 0.2) is 42.5 Å². The van der Waals surface area contributed by atoms with Gasteiger partial charge in [-0.05, 0) is 60.6 Å². The number of benzene rings is 2. The first-order valence-corrected chi connectivity index (χ1v) is 15.8. The van der Waals surface area contributed by atoms with Gasteiger partial charge < -0.3 is 14.2 Å². The molecule has 2 heterocycles. The van der Waals surface area contributed by atoms with Gasteiger partial charge in [0, 0.05) is 32.2 Å². The van der Waals surface area contributed by atoms with E-state index in [2.05, 4.69) is 43.0 Å². The maximum atomic E-state index is 13.2. The number of unbranched alkanes of at least 4 members (excludes halogenated alkanes) is 4. The largest absolute Gasteiger partial charge is 0.497 e. The van der Waals surface area contributed by atoms with Crippen molar-refractivity contribution in [3.05, 3.63) is 53.6 Å². The molecule has 0 radical (unpaired) electrons. The summed E-state index contributed by atoms with van der Waals surface area (Å²) in [5.74, 6) is 3.01. The van der Waals surface area contributed by atoms with Crippen molar-refractivity contribution in [2.75, 3.05) is 45.8 Å². The Kier molecular flexibility index (Phi) is 10.3. The molecule has 0 bridgehead atoms. The van der Waals surface area contributed by atoms with Gasteiger partial charge in [-0.3, -0.25) is 4.90 Å². The van der Waals surface area contributed by atoms with Crippen molar-refractivity contribution in [2.24, 2.45) is 0 Å². The van der Waals surface area contributed by atoms with Crippen LogP contribution in [0.4, 0.5) is 0 Å². The zero-order valence-corrected chi connectivity index (χ0v) is 24.0. The summed E-state index contributed by atoms with van der Waals surface area (Å²) in [7, 11) is -1.59. The van der Waals surface area contributed by atoms with Gasteiger partial charge in [0.15, 0.2) is 11.5 Å². The number of hydrogen-bond acceptors (Lipinski definition) is 6. The molecule has 8 heteroatoms. The van der Waals surface area contributed by atoms with E-state index < -0.39 is 10.0 Å². The quantitative estimate of drug-likeness (QED) is 0.258. The molecule has 38 heavy (non-hydrogen) atoms. The van der Waals surface area contributed by atoms with E-state index in [1.165, 1.54) is 17.5 Å². The first kappa shape index (κ1) is 28.7. The number of fused-ring (bicyclic) bond motifs is 1. The number of sulfonamides is 1. The van der Waals surface area contributed by atoms with Gasteiger partial charge >= 0.3 is 0 Å². The Bertz CT molecular complexity index is 1120. The van der Waals surface area contributed by atoms with Gasteiger partial charge in [0.25, 0.3) is 0 Å². The molecule has 0 aliphatic carbocycles. The molecule has 2 atom stereocenters. The molecule has 7 nitrogen and oxygen atoms in total. The fourth-order valence-corrected chi connectivity index (χ4v) is 7.28. The molecule has 2 aromatic rings. The molecule has 210 valence electrons. The van der Waals surface area contributed by atoms with Crippen LogP contribution in [0.3, 0.4) is 0 Å². The van der Waals surface area contributed by atoms with E-state index in [-0.39, 0.29) is 18.6 Å². The molecule has 0 saturated carbocycles. The molecule has 0 aromatic heterocycles. The second-order valence-corrected chi connectivity index (χ2v) is 12.5. The molecular formula is C30H44N2O5S. The van der Waals surface area contributed by atoms with E-state index in [1.54, 1.807) is 11.4 Å². The molecular weight excluding hydrogens is 500 g/mol. The summed E-state index contributed by atoms with van der Waals surface area (Å²) >= 11 is 0. The summed E-state index contributed by atoms with van der Waals surface area (Å²) in [4.78, 5) is 2.45. The average Bonchev–Trinajstić information content (AvgIpc) is 3.57. The van der Waals surface area contributed by atoms with Crippen molar-refractivity contribution in [1.82, 2.24) is 9.21 Å². The summed E-state index contributed by atoms with van der Waals surface area (Å²) in [6.07, 6.45) is 6.94. The number of ether oxygens (including phenoxy) is 3. The maximum Gasteiger partial charge on any atom is 0.231 e. The third kappa shape index (κ3) is 7.21. The van der Waals surface area contributed by atoms with E-state index in [4.69, 9.17) is 14.2 Å². The highest BCUT2D eigenvalue weighted by molar-refractivity contribution is 7.89. The molecule has 4 rings (SSSR count). The Labute approximate surface area is 229 Å². The number of rotatable bonds is 15. The van der Waals surface area contributed by atoms with Crippen LogP contribution in [0.5, 0.6) is 17.2 Å². The molecule has 1 fully saturated rings. The highest BCUT2D eigenvalue weighted by Gasteiger charge is 2.35. The predicted molar refractivity (Wildman–Crippen MR) is 152 cm³/mol. The minimum absolute atomic E-state index is 0.205. The summed E-state index contributed by atoms with van der Waals surface area (Å²) in [5.41, 5.74) is 2.47. The number of hydrogen-bond donors (Lipinski definition) is 0. The second-order valence-electron chi connectivity index (χ2n) is 10.5. The molecule has 0 N–H and O–H groups in total. The Hall–Kier alpha value is -2.29. The van der Waals surface area contributed by atoms with Crippen molar-refractivity contribution < 1.29 is 22.6 Å². The first-order chi connectivity index (χ1) is 18.4. The number of methoxy groups -OCH3 is 1. The minimum Gasteiger partial charge on any atom is -0.497 e. The first-order valence-electron chi connectivity index (χ1n) is 14.2. The second kappa shape index (κ2) is 13.7. The van der Waals surface area contributed by atoms with Crippen molar-refractivity contribution in [2.45, 2.75) is 70.8 Å². The Morgan fingerprint density at radius 3 is 2.39 bits per heavy atom. The average molecular weight is 545 g/mol. The number of nitrogens with zero attached hydrogens (tertiary/aromatic N) is 2. The van der Waals surface area contributed by atoms with Crippen LogP contribution < -0.4 is 14.2 Å². The van der Waals surface area contributed by atoms with Crippen LogP contribution >= 0.6 is 0 Å². The maximum absolute atomic E-state index is 13.2. The summed E-state index contributed by atoms with van der Waals surface area (Å²) < 4.78 is 44.7. The smallest absolute Gasteiger partial charge is 0.231 e. The van der Waals surface area contributed by atoms with Gasteiger partial charge in [0.2, 0.25) is 16.8 Å². The van der Waals surface area contributed by atoms with Crippen LogP contribution in [-0.4, -0.2) is 63.5 Å². The molecule has 2 aliphatic rings. The van der Waals surface area contributed by atoms with Gasteiger partial charge in [-0.1, -0.05) is 57.7 Å². The van der Waals surface area contributed by atoms with Gasteiger partial charge in [-0.2, -0.15) is 0 Å². The highest BCUT2D eigenvalue weighted by atomic mass is 32.2. The minimum atomic E-state index is -3.27. The fraction of sp³-hybridized carbons (Fsp3) is 0.600. The third-order valence-electron chi connectivity index (χ3n) is 7.78. The van der Waals surface area contributed by atoms with Crippen molar-refractivity contribution in [3.63, 3.8) is 0 Å². The van der Waals surface area contributed by atoms with E-state index in [9.17, 15) is 8.42 Å². The van der Waals surface area contributed by atoms with Crippen LogP contribution in [0.1, 0.15) is 81.9 Å². The van der Waals surface area contributed by atoms with E-state index in [1.807, 2.05) is 18.2 Å². The van der Waals surface area contributed by atoms with Crippen LogP contribution in [-0.2, 0) is 10.0 Å². The Morgan fingerprint density at radius 1 is 0.921 bits per heavy atom. The Morgan fingerprint density at radius 2 is 1.66 bits per heavy atom. The molecule has 0 unspecified atom stereocenters. The van der Waals surface area contributed by atoms with Gasteiger partial charge in [0.1, 0.15) is 5.75 Å². The summed E-state index contributed by atoms with van der Waals surface area (Å²) in [6, 6.07) is 14.7. The normalized spacial score (nSPS) is 19.4. The van der Waals surface area contributed by atoms with Crippen molar-refractivity contribution >= 4 is 10.0 Å². The lowest BCUT2D eigenvalue weighted by Gasteiger charge is -2.28. The van der Waals surface area contributed by atoms with Crippen LogP contribution in [0.25, 0.3) is 0 Å². The standard InChI is InChI=1S/C30H44N2O5S/c1-4-6-7-8-9-19-38(33,34)32(16-5-2)18-17-31-22-26(25-12-15-29-30(21-25)37-23-36-29)20-28(31)24-10-13-27(35-3)14-11-24/h10-15,21,26,28H,4-9,16-20,22-23H2,1-3H3/t26-,28+/m0/s1. The van der Waals surface area contributed by atoms with Gasteiger partial charge in [-0.25, -0.2) is 12.7 Å². The topological polar surface area (TPSA) is 68.3 Å². The SMILES string of the molecule is CCCCCCCS(=O)(=O)N(CCC)CCN1C[C@@H](c2ccc3c(c2)OCO3)C[C@@H]1c1ccc(OC)cc1. The van der Waals surface area contributed by atoms with Gasteiger partial charge in [0.05, 0.1) is 12.9 Å². The summed E-state index contributed by atoms with van der Waals surface area (Å²) in [5, 5.41) is 0. The zero-order chi connectivity index (χ0) is 27.0. The monoisotopic (exact) mass is 544 g/mol. The highest BCUT2D eigenvalue weighted by Crippen LogP contribution is 2.43. The van der Waals surface area contributed by atoms with Crippen molar-refractivity contribution in [3.8, 4) is 17.2 Å². The lowest BCUT2D eigenvalue weighted by atomic mass is 9.93. The lowest BCUT2D eigenvalue weighted by Crippen LogP contribution is -2.40. The van der Waals surface area contributed by atoms with Crippen LogP contribution in [0.2, 0.25) is 0 Å². The zero-order valence-electron chi connectivity index (χ0n) is 23.2. The van der Waals surface area contributed by atoms with E-state index in [0.29, 0.717) is 25.6 Å². The van der Waals surface area contributed by atoms with E-state index in [0.717, 1.165) is 62.3 Å². The van der Waals surface area contributed by atoms with Crippen molar-refractivity contribution in [1.29, 1.82) is 0 Å². The molecule has 2 aromatic carbocycles. The Balaban J connectivity index is 1.47. The number of likely N-dealkylation sites (tertiary alicyclic amines) is 1. The molecule has 1 saturated heterocycles. The van der Waals surface area contributed by atoms with Gasteiger partial charge in [-0.15, -0.1) is 0 Å². The molecule has 0 spiro atoms. The lowest BCUT2D eigenvalue weighted by molar-refractivity contribution is 0.174. The fourth-order valence-electron chi connectivity index (χ4n) is 5.63.